The molecule has 33 heavy (non-hydrogen) atoms. The summed E-state index contributed by atoms with van der Waals surface area (Å²) in [5.74, 6) is 0.753. The van der Waals surface area contributed by atoms with Crippen LogP contribution in [0.3, 0.4) is 0 Å². The average Bonchev–Trinajstić information content (AvgIpc) is 3.46. The first-order valence-electron chi connectivity index (χ1n) is 12.0. The molecule has 0 unspecified atom stereocenters. The summed E-state index contributed by atoms with van der Waals surface area (Å²) in [6.07, 6.45) is 8.07. The number of furan rings is 1. The Morgan fingerprint density at radius 1 is 1.12 bits per heavy atom. The van der Waals surface area contributed by atoms with Crippen LogP contribution in [0.2, 0.25) is 0 Å². The quantitative estimate of drug-likeness (QED) is 0.392. The molecule has 1 saturated heterocycles. The van der Waals surface area contributed by atoms with Crippen molar-refractivity contribution in [1.29, 1.82) is 0 Å². The summed E-state index contributed by atoms with van der Waals surface area (Å²) in [7, 11) is 0. The summed E-state index contributed by atoms with van der Waals surface area (Å²) < 4.78 is 16.1. The topological polar surface area (TPSA) is 89.8 Å². The Morgan fingerprint density at radius 3 is 2.73 bits per heavy atom. The number of rotatable bonds is 9. The highest BCUT2D eigenvalue weighted by Gasteiger charge is 2.38. The predicted molar refractivity (Wildman–Crippen MR) is 130 cm³/mol. The van der Waals surface area contributed by atoms with E-state index in [0.717, 1.165) is 18.4 Å². The molecule has 8 heteroatoms. The molecule has 0 spiro atoms. The lowest BCUT2D eigenvalue weighted by Crippen LogP contribution is -2.42. The third-order valence-corrected chi connectivity index (χ3v) is 6.66. The summed E-state index contributed by atoms with van der Waals surface area (Å²) in [6, 6.07) is 6.95. The molecule has 2 aromatic rings. The number of nitrogens with one attached hydrogen (secondary N) is 2. The maximum atomic E-state index is 13.0. The van der Waals surface area contributed by atoms with Gasteiger partial charge in [0, 0.05) is 30.7 Å². The van der Waals surface area contributed by atoms with Crippen molar-refractivity contribution in [3.63, 3.8) is 0 Å². The first-order chi connectivity index (χ1) is 15.7. The monoisotopic (exact) mass is 478 g/mol. The second-order valence-electron chi connectivity index (χ2n) is 8.82. The van der Waals surface area contributed by atoms with Gasteiger partial charge in [0.2, 0.25) is 11.7 Å². The lowest BCUT2D eigenvalue weighted by atomic mass is 9.76. The van der Waals surface area contributed by atoms with Crippen LogP contribution in [-0.4, -0.2) is 44.3 Å². The minimum atomic E-state index is -0.492. The van der Waals surface area contributed by atoms with E-state index in [-0.39, 0.29) is 36.7 Å². The minimum Gasteiger partial charge on any atom is -0.460 e. The number of hydrogen-bond acceptors (Lipinski definition) is 6. The van der Waals surface area contributed by atoms with E-state index in [2.05, 4.69) is 10.6 Å². The summed E-state index contributed by atoms with van der Waals surface area (Å²) in [5.41, 5.74) is 1.29. The van der Waals surface area contributed by atoms with Gasteiger partial charge in [0.25, 0.3) is 0 Å². The van der Waals surface area contributed by atoms with Gasteiger partial charge in [-0.3, -0.25) is 4.79 Å². The van der Waals surface area contributed by atoms with Gasteiger partial charge < -0.3 is 24.5 Å². The van der Waals surface area contributed by atoms with E-state index in [1.54, 1.807) is 12.1 Å². The smallest absolute Gasteiger partial charge is 0.374 e. The van der Waals surface area contributed by atoms with Crippen LogP contribution in [0.25, 0.3) is 11.0 Å². The van der Waals surface area contributed by atoms with E-state index in [1.165, 1.54) is 32.1 Å². The number of esters is 1. The van der Waals surface area contributed by atoms with Crippen LogP contribution in [0.5, 0.6) is 0 Å². The van der Waals surface area contributed by atoms with Gasteiger partial charge in [0.15, 0.2) is 0 Å². The molecule has 2 N–H and O–H groups in total. The van der Waals surface area contributed by atoms with Crippen molar-refractivity contribution >= 4 is 40.9 Å². The Morgan fingerprint density at radius 2 is 1.94 bits per heavy atom. The summed E-state index contributed by atoms with van der Waals surface area (Å²) in [4.78, 5) is 25.3. The molecular formula is C25H35ClN2O5. The molecule has 1 amide bonds. The second kappa shape index (κ2) is 12.4. The van der Waals surface area contributed by atoms with E-state index in [9.17, 15) is 9.59 Å². The molecule has 182 valence electrons. The summed E-state index contributed by atoms with van der Waals surface area (Å²) in [5, 5.41) is 7.23. The van der Waals surface area contributed by atoms with Crippen molar-refractivity contribution in [1.82, 2.24) is 5.32 Å². The molecule has 1 aromatic heterocycles. The van der Waals surface area contributed by atoms with Crippen molar-refractivity contribution in [3.05, 3.63) is 30.0 Å². The Labute approximate surface area is 201 Å². The first-order valence-corrected chi connectivity index (χ1v) is 12.0. The number of fused-ring (bicyclic) bond motifs is 1. The van der Waals surface area contributed by atoms with Gasteiger partial charge in [-0.25, -0.2) is 4.79 Å². The lowest BCUT2D eigenvalue weighted by molar-refractivity contribution is -0.119. The second-order valence-corrected chi connectivity index (χ2v) is 8.82. The molecule has 1 aliphatic heterocycles. The number of halogens is 1. The Kier molecular flexibility index (Phi) is 9.59. The number of hydrogen-bond donors (Lipinski definition) is 2. The third kappa shape index (κ3) is 6.49. The minimum absolute atomic E-state index is 0. The van der Waals surface area contributed by atoms with Gasteiger partial charge in [-0.15, -0.1) is 12.4 Å². The Balaban J connectivity index is 0.00000306. The van der Waals surface area contributed by atoms with Crippen LogP contribution in [0.1, 0.15) is 62.4 Å². The van der Waals surface area contributed by atoms with Crippen molar-refractivity contribution in [2.45, 2.75) is 57.9 Å². The van der Waals surface area contributed by atoms with Gasteiger partial charge in [-0.2, -0.15) is 0 Å². The van der Waals surface area contributed by atoms with Crippen LogP contribution in [0.4, 0.5) is 5.69 Å². The summed E-state index contributed by atoms with van der Waals surface area (Å²) >= 11 is 0. The molecule has 1 aliphatic carbocycles. The summed E-state index contributed by atoms with van der Waals surface area (Å²) in [6.45, 7) is 4.32. The molecule has 2 fully saturated rings. The molecule has 1 saturated carbocycles. The molecule has 0 bridgehead atoms. The fourth-order valence-electron chi connectivity index (χ4n) is 5.06. The highest BCUT2D eigenvalue weighted by atomic mass is 35.5. The van der Waals surface area contributed by atoms with Gasteiger partial charge >= 0.3 is 5.97 Å². The zero-order valence-corrected chi connectivity index (χ0v) is 20.1. The molecule has 7 nitrogen and oxygen atoms in total. The maximum Gasteiger partial charge on any atom is 0.374 e. The number of carbonyl (C=O) groups is 2. The molecule has 1 aromatic carbocycles. The average molecular weight is 479 g/mol. The molecule has 2 heterocycles. The van der Waals surface area contributed by atoms with Crippen LogP contribution in [0.15, 0.2) is 28.7 Å². The normalized spacial score (nSPS) is 21.0. The molecule has 0 radical (unpaired) electrons. The zero-order valence-electron chi connectivity index (χ0n) is 19.3. The Hall–Kier alpha value is -2.09. The van der Waals surface area contributed by atoms with E-state index in [1.807, 2.05) is 19.1 Å². The fourth-order valence-corrected chi connectivity index (χ4v) is 5.06. The van der Waals surface area contributed by atoms with Crippen LogP contribution in [0, 0.1) is 11.8 Å². The number of anilines is 1. The predicted octanol–water partition coefficient (Wildman–Crippen LogP) is 4.93. The third-order valence-electron chi connectivity index (χ3n) is 6.66. The number of ether oxygens (including phenoxy) is 2. The number of carbonyl (C=O) groups excluding carboxylic acids is 2. The van der Waals surface area contributed by atoms with Crippen LogP contribution < -0.4 is 10.6 Å². The van der Waals surface area contributed by atoms with Crippen molar-refractivity contribution in [2.24, 2.45) is 11.8 Å². The van der Waals surface area contributed by atoms with E-state index >= 15 is 0 Å². The maximum absolute atomic E-state index is 13.0. The largest absolute Gasteiger partial charge is 0.460 e. The van der Waals surface area contributed by atoms with Gasteiger partial charge in [0.05, 0.1) is 12.6 Å². The molecular weight excluding hydrogens is 444 g/mol. The van der Waals surface area contributed by atoms with Crippen molar-refractivity contribution in [3.8, 4) is 0 Å². The number of benzene rings is 1. The highest BCUT2D eigenvalue weighted by Crippen LogP contribution is 2.36. The first kappa shape index (κ1) is 25.5. The van der Waals surface area contributed by atoms with Gasteiger partial charge in [0.1, 0.15) is 5.58 Å². The van der Waals surface area contributed by atoms with E-state index < -0.39 is 5.97 Å². The Bertz CT molecular complexity index is 925. The SMILES string of the molecule is CCOCCCOC(=O)c1cc2cc(NC(=O)[C@@H]3NCC[C@H]3C3CCCCC3)ccc2o1.Cl. The fraction of sp³-hybridized carbons (Fsp3) is 0.600. The lowest BCUT2D eigenvalue weighted by Gasteiger charge is -2.30. The van der Waals surface area contributed by atoms with Gasteiger partial charge in [-0.05, 0) is 56.0 Å². The van der Waals surface area contributed by atoms with Crippen LogP contribution in [-0.2, 0) is 14.3 Å². The molecule has 4 rings (SSSR count). The highest BCUT2D eigenvalue weighted by molar-refractivity contribution is 5.98. The zero-order chi connectivity index (χ0) is 22.3. The van der Waals surface area contributed by atoms with E-state index in [0.29, 0.717) is 42.7 Å². The molecule has 2 aliphatic rings. The van der Waals surface area contributed by atoms with Gasteiger partial charge in [-0.1, -0.05) is 32.1 Å². The van der Waals surface area contributed by atoms with E-state index in [4.69, 9.17) is 13.9 Å². The number of amides is 1. The standard InChI is InChI=1S/C25H34N2O5.ClH/c1-2-30-13-6-14-31-25(29)22-16-18-15-19(9-10-21(18)32-22)27-24(28)23-20(11-12-26-23)17-7-4-3-5-8-17;/h9-10,15-17,20,23,26H,2-8,11-14H2,1H3,(H,27,28);1H/t20-,23+;/m0./s1. The molecule has 2 atom stereocenters. The van der Waals surface area contributed by atoms with Crippen LogP contribution >= 0.6 is 12.4 Å². The van der Waals surface area contributed by atoms with Crippen molar-refractivity contribution in [2.75, 3.05) is 31.7 Å². The van der Waals surface area contributed by atoms with Crippen molar-refractivity contribution < 1.29 is 23.5 Å².